The van der Waals surface area contributed by atoms with Gasteiger partial charge in [0.05, 0.1) is 17.5 Å². The predicted molar refractivity (Wildman–Crippen MR) is 174 cm³/mol. The van der Waals surface area contributed by atoms with Gasteiger partial charge in [0.1, 0.15) is 11.5 Å². The molecule has 4 aliphatic rings. The number of imide groups is 1. The standard InChI is InChI=1S/C38H36BrNO3/c1-37(2,3)21-7-17-27-29(19-21)31-28-18-8-22(38(4,5)6)20-30(28)32(27)34-33(31)35(41)40(36(34)42)24-11-15-26(16-12-24)43-25-13-9-23(39)10-14-25/h7-20,31-34H,1-6H3/t31-,32+,33+,34-. The molecule has 4 aromatic rings. The molecule has 2 bridgehead atoms. The van der Waals surface area contributed by atoms with Gasteiger partial charge in [-0.25, -0.2) is 4.90 Å². The summed E-state index contributed by atoms with van der Waals surface area (Å²) in [4.78, 5) is 30.1. The molecule has 0 N–H and O–H groups in total. The largest absolute Gasteiger partial charge is 0.457 e. The zero-order valence-corrected chi connectivity index (χ0v) is 27.0. The van der Waals surface area contributed by atoms with Crippen LogP contribution in [0.25, 0.3) is 0 Å². The summed E-state index contributed by atoms with van der Waals surface area (Å²) in [5.74, 6) is -0.0132. The van der Waals surface area contributed by atoms with E-state index in [4.69, 9.17) is 4.74 Å². The minimum atomic E-state index is -0.424. The third-order valence-corrected chi connectivity index (χ3v) is 10.0. The Morgan fingerprint density at radius 2 is 1.00 bits per heavy atom. The monoisotopic (exact) mass is 633 g/mol. The number of benzene rings is 4. The SMILES string of the molecule is CC(C)(C)c1ccc2c(c1)[C@@H]1c3ccc(C(C)(C)C)cc3[C@@H]2[C@@H]2C(=O)N(c3ccc(Oc4ccc(Br)cc4)cc3)C(=O)[C@H]12. The van der Waals surface area contributed by atoms with Gasteiger partial charge in [-0.15, -0.1) is 0 Å². The maximum absolute atomic E-state index is 14.3. The topological polar surface area (TPSA) is 46.6 Å². The molecule has 2 amide bonds. The molecule has 1 aliphatic heterocycles. The highest BCUT2D eigenvalue weighted by molar-refractivity contribution is 9.10. The van der Waals surface area contributed by atoms with Gasteiger partial charge in [0, 0.05) is 16.3 Å². The van der Waals surface area contributed by atoms with Crippen LogP contribution in [0.3, 0.4) is 0 Å². The van der Waals surface area contributed by atoms with E-state index in [1.54, 1.807) is 0 Å². The van der Waals surface area contributed by atoms with Crippen molar-refractivity contribution in [1.29, 1.82) is 0 Å². The van der Waals surface area contributed by atoms with Crippen molar-refractivity contribution in [1.82, 2.24) is 0 Å². The second kappa shape index (κ2) is 9.65. The molecule has 4 atom stereocenters. The first-order valence-electron chi connectivity index (χ1n) is 15.0. The molecule has 4 aromatic carbocycles. The number of nitrogens with zero attached hydrogens (tertiary/aromatic N) is 1. The summed E-state index contributed by atoms with van der Waals surface area (Å²) in [5, 5.41) is 0. The second-order valence-corrected chi connectivity index (χ2v) is 15.2. The van der Waals surface area contributed by atoms with E-state index >= 15 is 0 Å². The van der Waals surface area contributed by atoms with E-state index in [-0.39, 0.29) is 34.5 Å². The Kier molecular flexibility index (Phi) is 6.31. The van der Waals surface area contributed by atoms with Gasteiger partial charge >= 0.3 is 0 Å². The summed E-state index contributed by atoms with van der Waals surface area (Å²) < 4.78 is 6.97. The number of halogens is 1. The summed E-state index contributed by atoms with van der Waals surface area (Å²) in [6.07, 6.45) is 0. The summed E-state index contributed by atoms with van der Waals surface area (Å²) >= 11 is 3.45. The Labute approximate surface area is 262 Å². The van der Waals surface area contributed by atoms with Crippen LogP contribution in [0, 0.1) is 11.8 Å². The Morgan fingerprint density at radius 3 is 1.42 bits per heavy atom. The zero-order valence-electron chi connectivity index (χ0n) is 25.4. The molecule has 1 saturated heterocycles. The quantitative estimate of drug-likeness (QED) is 0.211. The molecule has 4 nitrogen and oxygen atoms in total. The number of anilines is 1. The number of carbonyl (C=O) groups excluding carboxylic acids is 2. The van der Waals surface area contributed by atoms with E-state index in [0.717, 1.165) is 4.47 Å². The van der Waals surface area contributed by atoms with Crippen molar-refractivity contribution in [3.63, 3.8) is 0 Å². The van der Waals surface area contributed by atoms with Crippen LogP contribution in [0.15, 0.2) is 89.4 Å². The van der Waals surface area contributed by atoms with Gasteiger partial charge in [0.15, 0.2) is 0 Å². The Balaban J connectivity index is 1.30. The van der Waals surface area contributed by atoms with Gasteiger partial charge in [0.2, 0.25) is 11.8 Å². The number of hydrogen-bond acceptors (Lipinski definition) is 3. The molecule has 1 fully saturated rings. The van der Waals surface area contributed by atoms with Crippen LogP contribution in [0.4, 0.5) is 5.69 Å². The van der Waals surface area contributed by atoms with Crippen LogP contribution in [0.2, 0.25) is 0 Å². The van der Waals surface area contributed by atoms with Gasteiger partial charge in [-0.1, -0.05) is 93.9 Å². The lowest BCUT2D eigenvalue weighted by atomic mass is 9.54. The molecule has 0 saturated carbocycles. The van der Waals surface area contributed by atoms with Crippen molar-refractivity contribution in [2.45, 2.75) is 64.2 Å². The number of amides is 2. The lowest BCUT2D eigenvalue weighted by Gasteiger charge is -2.47. The first-order valence-corrected chi connectivity index (χ1v) is 15.8. The van der Waals surface area contributed by atoms with Gasteiger partial charge in [-0.05, 0) is 92.7 Å². The highest BCUT2D eigenvalue weighted by Crippen LogP contribution is 2.62. The molecule has 218 valence electrons. The molecule has 8 rings (SSSR count). The van der Waals surface area contributed by atoms with Gasteiger partial charge < -0.3 is 4.74 Å². The molecular weight excluding hydrogens is 598 g/mol. The highest BCUT2D eigenvalue weighted by atomic mass is 79.9. The molecule has 0 unspecified atom stereocenters. The zero-order chi connectivity index (χ0) is 30.4. The fourth-order valence-electron chi connectivity index (χ4n) is 7.27. The fraction of sp³-hybridized carbons (Fsp3) is 0.316. The molecule has 3 aliphatic carbocycles. The van der Waals surface area contributed by atoms with Gasteiger partial charge in [-0.3, -0.25) is 9.59 Å². The molecule has 0 aromatic heterocycles. The highest BCUT2D eigenvalue weighted by Gasteiger charge is 2.62. The van der Waals surface area contributed by atoms with Crippen molar-refractivity contribution < 1.29 is 14.3 Å². The van der Waals surface area contributed by atoms with Crippen LogP contribution in [-0.2, 0) is 20.4 Å². The van der Waals surface area contributed by atoms with Crippen molar-refractivity contribution in [3.8, 4) is 11.5 Å². The maximum Gasteiger partial charge on any atom is 0.238 e. The molecule has 43 heavy (non-hydrogen) atoms. The number of hydrogen-bond donors (Lipinski definition) is 0. The Morgan fingerprint density at radius 1 is 0.581 bits per heavy atom. The lowest BCUT2D eigenvalue weighted by Crippen LogP contribution is -2.42. The van der Waals surface area contributed by atoms with E-state index < -0.39 is 11.8 Å². The van der Waals surface area contributed by atoms with Crippen molar-refractivity contribution >= 4 is 33.4 Å². The third-order valence-electron chi connectivity index (χ3n) is 9.51. The maximum atomic E-state index is 14.3. The van der Waals surface area contributed by atoms with Crippen molar-refractivity contribution in [2.75, 3.05) is 4.90 Å². The van der Waals surface area contributed by atoms with Gasteiger partial charge in [-0.2, -0.15) is 0 Å². The molecule has 1 heterocycles. The first-order chi connectivity index (χ1) is 20.3. The summed E-state index contributed by atoms with van der Waals surface area (Å²) in [6.45, 7) is 13.3. The summed E-state index contributed by atoms with van der Waals surface area (Å²) in [7, 11) is 0. The predicted octanol–water partition coefficient (Wildman–Crippen LogP) is 9.23. The van der Waals surface area contributed by atoms with E-state index in [1.165, 1.54) is 38.3 Å². The summed E-state index contributed by atoms with van der Waals surface area (Å²) in [6, 6.07) is 28.4. The number of ether oxygens (including phenoxy) is 1. The minimum absolute atomic E-state index is 0.0222. The van der Waals surface area contributed by atoms with Crippen LogP contribution in [0.5, 0.6) is 11.5 Å². The molecule has 0 radical (unpaired) electrons. The van der Waals surface area contributed by atoms with Crippen LogP contribution < -0.4 is 9.64 Å². The van der Waals surface area contributed by atoms with Crippen LogP contribution >= 0.6 is 15.9 Å². The van der Waals surface area contributed by atoms with Gasteiger partial charge in [0.25, 0.3) is 0 Å². The average Bonchev–Trinajstić information content (AvgIpc) is 3.23. The molecular formula is C38H36BrNO3. The van der Waals surface area contributed by atoms with Crippen molar-refractivity contribution in [2.24, 2.45) is 11.8 Å². The smallest absolute Gasteiger partial charge is 0.238 e. The van der Waals surface area contributed by atoms with E-state index in [2.05, 4.69) is 93.9 Å². The van der Waals surface area contributed by atoms with E-state index in [0.29, 0.717) is 17.2 Å². The van der Waals surface area contributed by atoms with E-state index in [1.807, 2.05) is 48.5 Å². The number of carbonyl (C=O) groups is 2. The summed E-state index contributed by atoms with van der Waals surface area (Å²) in [5.41, 5.74) is 7.84. The second-order valence-electron chi connectivity index (χ2n) is 14.3. The molecule has 0 spiro atoms. The normalized spacial score (nSPS) is 22.3. The fourth-order valence-corrected chi connectivity index (χ4v) is 7.53. The van der Waals surface area contributed by atoms with Crippen molar-refractivity contribution in [3.05, 3.63) is 123 Å². The van der Waals surface area contributed by atoms with Crippen LogP contribution in [-0.4, -0.2) is 11.8 Å². The Hall–Kier alpha value is -3.70. The first kappa shape index (κ1) is 28.1. The van der Waals surface area contributed by atoms with E-state index in [9.17, 15) is 9.59 Å². The number of rotatable bonds is 3. The average molecular weight is 635 g/mol. The minimum Gasteiger partial charge on any atom is -0.457 e. The lowest BCUT2D eigenvalue weighted by molar-refractivity contribution is -0.122. The Bertz CT molecular complexity index is 1690. The third kappa shape index (κ3) is 4.47. The molecule has 5 heteroatoms. The van der Waals surface area contributed by atoms with Crippen LogP contribution in [0.1, 0.15) is 86.8 Å².